The predicted molar refractivity (Wildman–Crippen MR) is 89.4 cm³/mol. The van der Waals surface area contributed by atoms with Gasteiger partial charge in [-0.15, -0.1) is 0 Å². The zero-order valence-corrected chi connectivity index (χ0v) is 14.8. The first-order valence-electron chi connectivity index (χ1n) is 7.47. The highest BCUT2D eigenvalue weighted by molar-refractivity contribution is 5.87. The third-order valence-electron chi connectivity index (χ3n) is 3.49. The molecule has 3 N–H and O–H groups in total. The smallest absolute Gasteiger partial charge is 0.412 e. The number of phenols is 1. The van der Waals surface area contributed by atoms with Crippen LogP contribution >= 0.6 is 0 Å². The minimum Gasteiger partial charge on any atom is -0.506 e. The fraction of sp³-hybridized carbons (Fsp3) is 0.529. The van der Waals surface area contributed by atoms with Gasteiger partial charge in [0, 0.05) is 12.5 Å². The average Bonchev–Trinajstić information content (AvgIpc) is 2.38. The van der Waals surface area contributed by atoms with Crippen LogP contribution in [0.2, 0.25) is 0 Å². The fourth-order valence-corrected chi connectivity index (χ4v) is 2.31. The first-order chi connectivity index (χ1) is 10.9. The summed E-state index contributed by atoms with van der Waals surface area (Å²) in [5.74, 6) is -1.29. The van der Waals surface area contributed by atoms with E-state index in [9.17, 15) is 19.8 Å². The summed E-state index contributed by atoms with van der Waals surface area (Å²) in [6, 6.07) is 4.52. The third-order valence-corrected chi connectivity index (χ3v) is 3.49. The van der Waals surface area contributed by atoms with Crippen molar-refractivity contribution in [2.24, 2.45) is 0 Å². The molecule has 0 fully saturated rings. The molecule has 24 heavy (non-hydrogen) atoms. The summed E-state index contributed by atoms with van der Waals surface area (Å²) in [7, 11) is 1.32. The van der Waals surface area contributed by atoms with Gasteiger partial charge in [-0.3, -0.25) is 5.32 Å². The largest absolute Gasteiger partial charge is 0.506 e. The van der Waals surface area contributed by atoms with Crippen LogP contribution in [-0.2, 0) is 19.7 Å². The van der Waals surface area contributed by atoms with Crippen molar-refractivity contribution in [3.8, 4) is 5.75 Å². The molecule has 1 aromatic rings. The summed E-state index contributed by atoms with van der Waals surface area (Å²) in [5, 5.41) is 21.8. The lowest BCUT2D eigenvalue weighted by atomic mass is 9.79. The van der Waals surface area contributed by atoms with Gasteiger partial charge in [0.05, 0.1) is 5.69 Å². The van der Waals surface area contributed by atoms with E-state index in [0.717, 1.165) is 0 Å². The van der Waals surface area contributed by atoms with Gasteiger partial charge in [-0.1, -0.05) is 19.9 Å². The number of hydrogen-bond acceptors (Lipinski definition) is 5. The molecule has 0 bridgehead atoms. The number of benzene rings is 1. The Balaban J connectivity index is 3.03. The van der Waals surface area contributed by atoms with E-state index < -0.39 is 29.2 Å². The normalized spacial score (nSPS) is 13.2. The molecule has 134 valence electrons. The first kappa shape index (κ1) is 19.8. The van der Waals surface area contributed by atoms with Gasteiger partial charge in [0.2, 0.25) is 0 Å². The number of rotatable bonds is 5. The lowest BCUT2D eigenvalue weighted by molar-refractivity contribution is -0.152. The summed E-state index contributed by atoms with van der Waals surface area (Å²) in [5.41, 5.74) is -0.811. The molecule has 0 aliphatic rings. The quantitative estimate of drug-likeness (QED) is 0.712. The molecule has 0 spiro atoms. The Morgan fingerprint density at radius 1 is 1.17 bits per heavy atom. The van der Waals surface area contributed by atoms with Crippen LogP contribution in [0.1, 0.15) is 40.2 Å². The van der Waals surface area contributed by atoms with Gasteiger partial charge in [0.1, 0.15) is 11.4 Å². The Morgan fingerprint density at radius 3 is 2.17 bits per heavy atom. The van der Waals surface area contributed by atoms with E-state index in [1.54, 1.807) is 40.7 Å². The minimum atomic E-state index is -1.10. The molecule has 0 aliphatic carbocycles. The van der Waals surface area contributed by atoms with Gasteiger partial charge in [-0.2, -0.15) is 0 Å². The number of anilines is 1. The summed E-state index contributed by atoms with van der Waals surface area (Å²) < 4.78 is 10.2. The lowest BCUT2D eigenvalue weighted by Crippen LogP contribution is -2.41. The van der Waals surface area contributed by atoms with E-state index >= 15 is 0 Å². The SMILES string of the molecule is COC(C(=O)O)C(C)(C)c1ccc(NC(=O)OC(C)(C)C)c(O)c1. The number of carboxylic acid groups (broad SMARTS) is 1. The van der Waals surface area contributed by atoms with Gasteiger partial charge in [-0.25, -0.2) is 9.59 Å². The number of carbonyl (C=O) groups is 2. The molecule has 7 heteroatoms. The second-order valence-electron chi connectivity index (χ2n) is 7.03. The van der Waals surface area contributed by atoms with E-state index in [2.05, 4.69) is 5.32 Å². The average molecular weight is 339 g/mol. The zero-order chi connectivity index (χ0) is 18.7. The van der Waals surface area contributed by atoms with Gasteiger partial charge in [-0.05, 0) is 38.5 Å². The molecule has 0 saturated carbocycles. The molecule has 0 saturated heterocycles. The number of carbonyl (C=O) groups excluding carboxylic acids is 1. The first-order valence-corrected chi connectivity index (χ1v) is 7.47. The molecule has 1 atom stereocenters. The van der Waals surface area contributed by atoms with E-state index in [1.165, 1.54) is 19.2 Å². The number of nitrogens with one attached hydrogen (secondary N) is 1. The number of hydrogen-bond donors (Lipinski definition) is 3. The van der Waals surface area contributed by atoms with Gasteiger partial charge in [0.15, 0.2) is 6.10 Å². The monoisotopic (exact) mass is 339 g/mol. The maximum Gasteiger partial charge on any atom is 0.412 e. The number of amides is 1. The van der Waals surface area contributed by atoms with Crippen molar-refractivity contribution in [3.63, 3.8) is 0 Å². The van der Waals surface area contributed by atoms with Crippen molar-refractivity contribution in [2.75, 3.05) is 12.4 Å². The van der Waals surface area contributed by atoms with Crippen LogP contribution in [0.25, 0.3) is 0 Å². The van der Waals surface area contributed by atoms with E-state index in [0.29, 0.717) is 5.56 Å². The summed E-state index contributed by atoms with van der Waals surface area (Å²) >= 11 is 0. The minimum absolute atomic E-state index is 0.174. The van der Waals surface area contributed by atoms with Gasteiger partial charge < -0.3 is 19.7 Å². The standard InChI is InChI=1S/C17H25NO6/c1-16(2,3)24-15(22)18-11-8-7-10(9-12(11)19)17(4,5)13(23-6)14(20)21/h7-9,13,19H,1-6H3,(H,18,22)(H,20,21). The van der Waals surface area contributed by atoms with Crippen LogP contribution in [0.15, 0.2) is 18.2 Å². The Bertz CT molecular complexity index is 618. The number of aliphatic carboxylic acids is 1. The molecular formula is C17H25NO6. The van der Waals surface area contributed by atoms with E-state index in [-0.39, 0.29) is 11.4 Å². The Hall–Kier alpha value is -2.28. The zero-order valence-electron chi connectivity index (χ0n) is 14.8. The molecular weight excluding hydrogens is 314 g/mol. The number of carboxylic acids is 1. The second kappa shape index (κ2) is 7.09. The fourth-order valence-electron chi connectivity index (χ4n) is 2.31. The van der Waals surface area contributed by atoms with Crippen molar-refractivity contribution in [3.05, 3.63) is 23.8 Å². The maximum absolute atomic E-state index is 11.8. The number of methoxy groups -OCH3 is 1. The van der Waals surface area contributed by atoms with Crippen molar-refractivity contribution in [2.45, 2.75) is 51.7 Å². The van der Waals surface area contributed by atoms with Gasteiger partial charge in [0.25, 0.3) is 0 Å². The maximum atomic E-state index is 11.8. The lowest BCUT2D eigenvalue weighted by Gasteiger charge is -2.31. The number of ether oxygens (including phenoxy) is 2. The Kier molecular flexibility index (Phi) is 5.84. The van der Waals surface area contributed by atoms with Crippen LogP contribution in [-0.4, -0.2) is 41.1 Å². The molecule has 0 aliphatic heterocycles. The molecule has 0 radical (unpaired) electrons. The van der Waals surface area contributed by atoms with Crippen LogP contribution in [0.3, 0.4) is 0 Å². The number of phenolic OH excluding ortho intramolecular Hbond substituents is 1. The molecule has 1 unspecified atom stereocenters. The summed E-state index contributed by atoms with van der Waals surface area (Å²) in [4.78, 5) is 23.1. The van der Waals surface area contributed by atoms with E-state index in [1.807, 2.05) is 0 Å². The van der Waals surface area contributed by atoms with E-state index in [4.69, 9.17) is 9.47 Å². The van der Waals surface area contributed by atoms with Crippen LogP contribution in [0, 0.1) is 0 Å². The highest BCUT2D eigenvalue weighted by atomic mass is 16.6. The molecule has 1 aromatic carbocycles. The van der Waals surface area contributed by atoms with Crippen LogP contribution in [0.4, 0.5) is 10.5 Å². The van der Waals surface area contributed by atoms with Crippen molar-refractivity contribution < 1.29 is 29.3 Å². The van der Waals surface area contributed by atoms with Crippen LogP contribution < -0.4 is 5.32 Å². The highest BCUT2D eigenvalue weighted by Gasteiger charge is 2.37. The molecule has 0 heterocycles. The summed E-state index contributed by atoms with van der Waals surface area (Å²) in [6.07, 6.45) is -1.77. The third kappa shape index (κ3) is 4.86. The summed E-state index contributed by atoms with van der Waals surface area (Å²) in [6.45, 7) is 8.59. The van der Waals surface area contributed by atoms with Crippen molar-refractivity contribution in [1.82, 2.24) is 0 Å². The molecule has 1 rings (SSSR count). The topological polar surface area (TPSA) is 105 Å². The van der Waals surface area contributed by atoms with Crippen molar-refractivity contribution >= 4 is 17.7 Å². The molecule has 1 amide bonds. The Morgan fingerprint density at radius 2 is 1.75 bits per heavy atom. The van der Waals surface area contributed by atoms with Crippen molar-refractivity contribution in [1.29, 1.82) is 0 Å². The molecule has 7 nitrogen and oxygen atoms in total. The van der Waals surface area contributed by atoms with Crippen LogP contribution in [0.5, 0.6) is 5.75 Å². The van der Waals surface area contributed by atoms with Gasteiger partial charge >= 0.3 is 12.1 Å². The Labute approximate surface area is 141 Å². The molecule has 0 aromatic heterocycles. The highest BCUT2D eigenvalue weighted by Crippen LogP contribution is 2.34. The predicted octanol–water partition coefficient (Wildman–Crippen LogP) is 3.12. The second-order valence-corrected chi connectivity index (χ2v) is 7.03. The number of aromatic hydroxyl groups is 1.